The molecule has 0 saturated heterocycles. The average Bonchev–Trinajstić information content (AvgIpc) is 3.01. The van der Waals surface area contributed by atoms with Gasteiger partial charge in [-0.15, -0.1) is 0 Å². The molecule has 0 amide bonds. The van der Waals surface area contributed by atoms with E-state index in [1.165, 1.54) is 12.8 Å². The highest BCUT2D eigenvalue weighted by molar-refractivity contribution is 6.00. The monoisotopic (exact) mass is 460 g/mol. The number of carbonyl (C=O) groups excluding carboxylic acids is 1. The van der Waals surface area contributed by atoms with Crippen molar-refractivity contribution >= 4 is 5.78 Å². The summed E-state index contributed by atoms with van der Waals surface area (Å²) >= 11 is 0. The molecule has 9 atom stereocenters. The summed E-state index contributed by atoms with van der Waals surface area (Å²) in [7, 11) is 0. The normalized spacial score (nSPS) is 45.0. The molecule has 0 spiro atoms. The molecule has 4 aliphatic carbocycles. The lowest BCUT2D eigenvalue weighted by molar-refractivity contribution is -0.161. The molecule has 3 saturated carbocycles. The zero-order valence-electron chi connectivity index (χ0n) is 21.9. The molecule has 4 aliphatic rings. The fourth-order valence-corrected chi connectivity index (χ4v) is 8.81. The Labute approximate surface area is 201 Å². The minimum Gasteiger partial charge on any atom is -0.393 e. The van der Waals surface area contributed by atoms with Gasteiger partial charge in [-0.2, -0.15) is 0 Å². The zero-order chi connectivity index (χ0) is 24.3. The molecule has 0 aromatic rings. The third-order valence-electron chi connectivity index (χ3n) is 11.2. The van der Waals surface area contributed by atoms with Crippen LogP contribution in [0.15, 0.2) is 11.1 Å². The highest BCUT2D eigenvalue weighted by Gasteiger charge is 2.66. The van der Waals surface area contributed by atoms with Crippen LogP contribution in [0.4, 0.5) is 0 Å². The van der Waals surface area contributed by atoms with Gasteiger partial charge in [-0.1, -0.05) is 54.4 Å². The second-order valence-corrected chi connectivity index (χ2v) is 13.1. The first-order valence-electron chi connectivity index (χ1n) is 13.8. The lowest BCUT2D eigenvalue weighted by Crippen LogP contribution is -2.62. The van der Waals surface area contributed by atoms with Crippen LogP contribution in [0.3, 0.4) is 0 Å². The molecule has 3 fully saturated rings. The van der Waals surface area contributed by atoms with E-state index in [0.717, 1.165) is 30.8 Å². The summed E-state index contributed by atoms with van der Waals surface area (Å²) in [5.74, 6) is 2.29. The highest BCUT2D eigenvalue weighted by Crippen LogP contribution is 2.66. The quantitative estimate of drug-likeness (QED) is 0.494. The van der Waals surface area contributed by atoms with E-state index >= 15 is 0 Å². The number of rotatable bonds is 6. The van der Waals surface area contributed by atoms with Gasteiger partial charge in [0.05, 0.1) is 17.8 Å². The van der Waals surface area contributed by atoms with Crippen molar-refractivity contribution in [3.05, 3.63) is 11.1 Å². The number of hydrogen-bond acceptors (Lipinski definition) is 4. The van der Waals surface area contributed by atoms with Gasteiger partial charge >= 0.3 is 0 Å². The molecule has 33 heavy (non-hydrogen) atoms. The molecule has 0 aromatic carbocycles. The Morgan fingerprint density at radius 3 is 2.36 bits per heavy atom. The van der Waals surface area contributed by atoms with E-state index in [9.17, 15) is 20.1 Å². The maximum Gasteiger partial charge on any atom is 0.162 e. The molecule has 9 unspecified atom stereocenters. The second-order valence-electron chi connectivity index (χ2n) is 13.1. The number of hydrogen-bond donors (Lipinski definition) is 3. The maximum atomic E-state index is 13.6. The summed E-state index contributed by atoms with van der Waals surface area (Å²) < 4.78 is 0. The van der Waals surface area contributed by atoms with Crippen molar-refractivity contribution in [3.8, 4) is 0 Å². The minimum atomic E-state index is -1.17. The standard InChI is InChI=1S/C29H48O4/c1-7-19(17(2)3)9-8-18(4)22-16-24(32)25-26-23(31)15-20-14-21(30)10-11-28(20,6)29(26,33)13-12-27(22,25)5/h17-22,24,30,32-33H,7-16H2,1-6H3. The Morgan fingerprint density at radius 2 is 1.73 bits per heavy atom. The lowest BCUT2D eigenvalue weighted by Gasteiger charge is -2.60. The lowest BCUT2D eigenvalue weighted by atomic mass is 9.46. The van der Waals surface area contributed by atoms with E-state index in [1.54, 1.807) is 0 Å². The van der Waals surface area contributed by atoms with E-state index < -0.39 is 17.1 Å². The Balaban J connectivity index is 1.67. The van der Waals surface area contributed by atoms with Gasteiger partial charge < -0.3 is 15.3 Å². The van der Waals surface area contributed by atoms with Crippen molar-refractivity contribution < 1.29 is 20.1 Å². The second kappa shape index (κ2) is 8.75. The Kier molecular flexibility index (Phi) is 6.73. The molecule has 0 aliphatic heterocycles. The molecule has 0 heterocycles. The first kappa shape index (κ1) is 25.4. The van der Waals surface area contributed by atoms with Gasteiger partial charge in [-0.05, 0) is 85.5 Å². The molecular weight excluding hydrogens is 412 g/mol. The fourth-order valence-electron chi connectivity index (χ4n) is 8.81. The summed E-state index contributed by atoms with van der Waals surface area (Å²) in [4.78, 5) is 13.6. The number of ketones is 1. The molecule has 4 nitrogen and oxygen atoms in total. The third kappa shape index (κ3) is 3.78. The largest absolute Gasteiger partial charge is 0.393 e. The Hall–Kier alpha value is -0.710. The number of carbonyl (C=O) groups is 1. The van der Waals surface area contributed by atoms with Gasteiger partial charge in [-0.3, -0.25) is 4.79 Å². The number of Topliss-reactive ketones (excluding diaryl/α,β-unsaturated/α-hetero) is 1. The third-order valence-corrected chi connectivity index (χ3v) is 11.2. The molecule has 4 heteroatoms. The van der Waals surface area contributed by atoms with E-state index in [4.69, 9.17) is 0 Å². The Bertz CT molecular complexity index is 801. The molecule has 3 N–H and O–H groups in total. The smallest absolute Gasteiger partial charge is 0.162 e. The van der Waals surface area contributed by atoms with Crippen molar-refractivity contribution in [2.45, 2.75) is 124 Å². The molecule has 0 aromatic heterocycles. The summed E-state index contributed by atoms with van der Waals surface area (Å²) in [5, 5.41) is 33.8. The molecule has 188 valence electrons. The van der Waals surface area contributed by atoms with E-state index in [1.807, 2.05) is 0 Å². The average molecular weight is 461 g/mol. The van der Waals surface area contributed by atoms with Crippen molar-refractivity contribution in [2.75, 3.05) is 0 Å². The van der Waals surface area contributed by atoms with Crippen molar-refractivity contribution in [2.24, 2.45) is 40.4 Å². The van der Waals surface area contributed by atoms with Crippen LogP contribution in [0.2, 0.25) is 0 Å². The van der Waals surface area contributed by atoms with Gasteiger partial charge in [0, 0.05) is 17.4 Å². The minimum absolute atomic E-state index is 0.0164. The van der Waals surface area contributed by atoms with Gasteiger partial charge in [0.25, 0.3) is 0 Å². The SMILES string of the molecule is CCC(CCC(C)C1CC(O)C2=C3C(=O)CC4CC(O)CCC4(C)C3(O)CCC21C)C(C)C. The van der Waals surface area contributed by atoms with Gasteiger partial charge in [0.15, 0.2) is 5.78 Å². The fraction of sp³-hybridized carbons (Fsp3) is 0.897. The molecule has 0 bridgehead atoms. The van der Waals surface area contributed by atoms with Crippen LogP contribution in [0.1, 0.15) is 106 Å². The van der Waals surface area contributed by atoms with E-state index in [-0.39, 0.29) is 23.2 Å². The van der Waals surface area contributed by atoms with Crippen LogP contribution in [0.5, 0.6) is 0 Å². The maximum absolute atomic E-state index is 13.6. The molecular formula is C29H48O4. The van der Waals surface area contributed by atoms with Crippen LogP contribution in [0.25, 0.3) is 0 Å². The highest BCUT2D eigenvalue weighted by atomic mass is 16.3. The Morgan fingerprint density at radius 1 is 1.03 bits per heavy atom. The van der Waals surface area contributed by atoms with Crippen molar-refractivity contribution in [3.63, 3.8) is 0 Å². The number of aliphatic hydroxyl groups is 3. The van der Waals surface area contributed by atoms with Crippen LogP contribution in [-0.2, 0) is 4.79 Å². The predicted molar refractivity (Wildman–Crippen MR) is 132 cm³/mol. The predicted octanol–water partition coefficient (Wildman–Crippen LogP) is 5.43. The van der Waals surface area contributed by atoms with Gasteiger partial charge in [0.1, 0.15) is 0 Å². The van der Waals surface area contributed by atoms with Crippen LogP contribution < -0.4 is 0 Å². The van der Waals surface area contributed by atoms with Gasteiger partial charge in [0.2, 0.25) is 0 Å². The van der Waals surface area contributed by atoms with Crippen molar-refractivity contribution in [1.82, 2.24) is 0 Å². The summed E-state index contributed by atoms with van der Waals surface area (Å²) in [6, 6.07) is 0. The van der Waals surface area contributed by atoms with Crippen LogP contribution in [-0.4, -0.2) is 38.9 Å². The summed E-state index contributed by atoms with van der Waals surface area (Å²) in [6.45, 7) is 13.7. The van der Waals surface area contributed by atoms with E-state index in [2.05, 4.69) is 41.5 Å². The number of fused-ring (bicyclic) bond motifs is 4. The molecule has 0 radical (unpaired) electrons. The summed E-state index contributed by atoms with van der Waals surface area (Å²) in [6.07, 6.45) is 7.11. The topological polar surface area (TPSA) is 77.8 Å². The zero-order valence-corrected chi connectivity index (χ0v) is 21.9. The molecule has 4 rings (SSSR count). The van der Waals surface area contributed by atoms with Gasteiger partial charge in [-0.25, -0.2) is 0 Å². The number of aliphatic hydroxyl groups excluding tert-OH is 2. The van der Waals surface area contributed by atoms with E-state index in [0.29, 0.717) is 55.4 Å². The van der Waals surface area contributed by atoms with Crippen molar-refractivity contribution in [1.29, 1.82) is 0 Å². The first-order chi connectivity index (χ1) is 15.4. The summed E-state index contributed by atoms with van der Waals surface area (Å²) in [5.41, 5.74) is -0.347. The van der Waals surface area contributed by atoms with Crippen LogP contribution >= 0.6 is 0 Å². The van der Waals surface area contributed by atoms with Crippen LogP contribution in [0, 0.1) is 40.4 Å². The first-order valence-corrected chi connectivity index (χ1v) is 13.8.